The van der Waals surface area contributed by atoms with E-state index in [1.54, 1.807) is 0 Å². The SMILES string of the molecule is CN(C)CC1(COc2ccccc2)CCCN1. The fourth-order valence-electron chi connectivity index (χ4n) is 2.52. The van der Waals surface area contributed by atoms with Crippen molar-refractivity contribution in [2.45, 2.75) is 18.4 Å². The first-order chi connectivity index (χ1) is 8.20. The molecule has 3 nitrogen and oxygen atoms in total. The first kappa shape index (κ1) is 12.4. The van der Waals surface area contributed by atoms with Gasteiger partial charge in [0.15, 0.2) is 0 Å². The lowest BCUT2D eigenvalue weighted by molar-refractivity contribution is 0.160. The molecule has 1 aromatic carbocycles. The molecule has 1 unspecified atom stereocenters. The molecule has 0 aromatic heterocycles. The van der Waals surface area contributed by atoms with Crippen molar-refractivity contribution in [1.29, 1.82) is 0 Å². The van der Waals surface area contributed by atoms with Crippen molar-refractivity contribution in [2.24, 2.45) is 0 Å². The van der Waals surface area contributed by atoms with Crippen LogP contribution in [-0.2, 0) is 0 Å². The van der Waals surface area contributed by atoms with Gasteiger partial charge in [0.2, 0.25) is 0 Å². The average molecular weight is 234 g/mol. The summed E-state index contributed by atoms with van der Waals surface area (Å²) in [5, 5.41) is 3.61. The van der Waals surface area contributed by atoms with Crippen molar-refractivity contribution in [3.05, 3.63) is 30.3 Å². The van der Waals surface area contributed by atoms with E-state index in [2.05, 4.69) is 24.3 Å². The molecule has 2 rings (SSSR count). The predicted molar refractivity (Wildman–Crippen MR) is 70.5 cm³/mol. The molecule has 1 atom stereocenters. The van der Waals surface area contributed by atoms with Gasteiger partial charge in [0.05, 0.1) is 5.54 Å². The van der Waals surface area contributed by atoms with Crippen molar-refractivity contribution < 1.29 is 4.74 Å². The molecule has 1 aliphatic rings. The van der Waals surface area contributed by atoms with Crippen LogP contribution in [0, 0.1) is 0 Å². The number of rotatable bonds is 5. The van der Waals surface area contributed by atoms with Crippen molar-refractivity contribution in [3.8, 4) is 5.75 Å². The first-order valence-electron chi connectivity index (χ1n) is 6.28. The van der Waals surface area contributed by atoms with E-state index in [0.29, 0.717) is 0 Å². The highest BCUT2D eigenvalue weighted by Crippen LogP contribution is 2.22. The number of benzene rings is 1. The van der Waals surface area contributed by atoms with Gasteiger partial charge in [-0.2, -0.15) is 0 Å². The summed E-state index contributed by atoms with van der Waals surface area (Å²) in [5.74, 6) is 0.958. The zero-order chi connectivity index (χ0) is 12.1. The summed E-state index contributed by atoms with van der Waals surface area (Å²) in [6.45, 7) is 2.88. The third kappa shape index (κ3) is 3.45. The number of hydrogen-bond acceptors (Lipinski definition) is 3. The van der Waals surface area contributed by atoms with Crippen LogP contribution in [0.3, 0.4) is 0 Å². The standard InChI is InChI=1S/C14H22N2O/c1-16(2)11-14(9-6-10-15-14)12-17-13-7-4-3-5-8-13/h3-5,7-8,15H,6,9-12H2,1-2H3. The topological polar surface area (TPSA) is 24.5 Å². The van der Waals surface area contributed by atoms with Gasteiger partial charge < -0.3 is 15.0 Å². The second-order valence-electron chi connectivity index (χ2n) is 5.15. The van der Waals surface area contributed by atoms with E-state index in [-0.39, 0.29) is 5.54 Å². The van der Waals surface area contributed by atoms with Crippen molar-refractivity contribution in [2.75, 3.05) is 33.8 Å². The lowest BCUT2D eigenvalue weighted by Crippen LogP contribution is -2.52. The van der Waals surface area contributed by atoms with Gasteiger partial charge in [0.25, 0.3) is 0 Å². The molecule has 0 radical (unpaired) electrons. The normalized spacial score (nSPS) is 24.2. The maximum Gasteiger partial charge on any atom is 0.119 e. The van der Waals surface area contributed by atoms with E-state index in [4.69, 9.17) is 4.74 Å². The lowest BCUT2D eigenvalue weighted by Gasteiger charge is -2.32. The highest BCUT2D eigenvalue weighted by Gasteiger charge is 2.34. The number of ether oxygens (including phenoxy) is 1. The van der Waals surface area contributed by atoms with Gasteiger partial charge in [-0.15, -0.1) is 0 Å². The maximum atomic E-state index is 5.90. The molecule has 0 bridgehead atoms. The Labute approximate surface area is 104 Å². The molecule has 1 aromatic rings. The number of nitrogens with zero attached hydrogens (tertiary/aromatic N) is 1. The van der Waals surface area contributed by atoms with Crippen LogP contribution in [0.1, 0.15) is 12.8 Å². The Morgan fingerprint density at radius 3 is 2.65 bits per heavy atom. The predicted octanol–water partition coefficient (Wildman–Crippen LogP) is 1.75. The van der Waals surface area contributed by atoms with Crippen LogP contribution >= 0.6 is 0 Å². The summed E-state index contributed by atoms with van der Waals surface area (Å²) in [5.41, 5.74) is 0.124. The zero-order valence-electron chi connectivity index (χ0n) is 10.8. The summed E-state index contributed by atoms with van der Waals surface area (Å²) in [6.07, 6.45) is 2.43. The molecular formula is C14H22N2O. The van der Waals surface area contributed by atoms with Crippen molar-refractivity contribution in [1.82, 2.24) is 10.2 Å². The fourth-order valence-corrected chi connectivity index (χ4v) is 2.52. The molecule has 94 valence electrons. The molecule has 0 saturated carbocycles. The van der Waals surface area contributed by atoms with E-state index in [1.165, 1.54) is 12.8 Å². The summed E-state index contributed by atoms with van der Waals surface area (Å²) in [6, 6.07) is 10.1. The molecule has 0 aliphatic carbocycles. The maximum absolute atomic E-state index is 5.90. The van der Waals surface area contributed by atoms with Gasteiger partial charge in [-0.05, 0) is 45.6 Å². The minimum Gasteiger partial charge on any atom is -0.492 e. The van der Waals surface area contributed by atoms with Crippen LogP contribution in [0.2, 0.25) is 0 Å². The average Bonchev–Trinajstić information content (AvgIpc) is 2.76. The zero-order valence-corrected chi connectivity index (χ0v) is 10.8. The van der Waals surface area contributed by atoms with Gasteiger partial charge in [-0.1, -0.05) is 18.2 Å². The monoisotopic (exact) mass is 234 g/mol. The van der Waals surface area contributed by atoms with Crippen LogP contribution in [0.25, 0.3) is 0 Å². The van der Waals surface area contributed by atoms with Gasteiger partial charge in [0.1, 0.15) is 12.4 Å². The quantitative estimate of drug-likeness (QED) is 0.840. The largest absolute Gasteiger partial charge is 0.492 e. The van der Waals surface area contributed by atoms with E-state index in [0.717, 1.165) is 25.4 Å². The number of nitrogens with one attached hydrogen (secondary N) is 1. The Morgan fingerprint density at radius 1 is 1.29 bits per heavy atom. The Balaban J connectivity index is 1.94. The van der Waals surface area contributed by atoms with Gasteiger partial charge >= 0.3 is 0 Å². The Bertz CT molecular complexity index is 331. The lowest BCUT2D eigenvalue weighted by atomic mass is 9.98. The van der Waals surface area contributed by atoms with Crippen LogP contribution in [-0.4, -0.2) is 44.2 Å². The van der Waals surface area contributed by atoms with Crippen molar-refractivity contribution in [3.63, 3.8) is 0 Å². The molecule has 17 heavy (non-hydrogen) atoms. The van der Waals surface area contributed by atoms with Crippen LogP contribution in [0.4, 0.5) is 0 Å². The number of likely N-dealkylation sites (N-methyl/N-ethyl adjacent to an activating group) is 1. The minimum atomic E-state index is 0.124. The molecule has 0 spiro atoms. The third-order valence-corrected chi connectivity index (χ3v) is 3.21. The first-order valence-corrected chi connectivity index (χ1v) is 6.28. The smallest absolute Gasteiger partial charge is 0.119 e. The summed E-state index contributed by atoms with van der Waals surface area (Å²) < 4.78 is 5.90. The van der Waals surface area contributed by atoms with Crippen LogP contribution in [0.15, 0.2) is 30.3 Å². The highest BCUT2D eigenvalue weighted by molar-refractivity contribution is 5.21. The van der Waals surface area contributed by atoms with E-state index in [9.17, 15) is 0 Å². The molecule has 3 heteroatoms. The van der Waals surface area contributed by atoms with Gasteiger partial charge in [-0.3, -0.25) is 0 Å². The number of para-hydroxylation sites is 1. The summed E-state index contributed by atoms with van der Waals surface area (Å²) >= 11 is 0. The summed E-state index contributed by atoms with van der Waals surface area (Å²) in [7, 11) is 4.23. The third-order valence-electron chi connectivity index (χ3n) is 3.21. The van der Waals surface area contributed by atoms with Crippen LogP contribution in [0.5, 0.6) is 5.75 Å². The highest BCUT2D eigenvalue weighted by atomic mass is 16.5. The molecular weight excluding hydrogens is 212 g/mol. The number of hydrogen-bond donors (Lipinski definition) is 1. The van der Waals surface area contributed by atoms with E-state index in [1.807, 2.05) is 30.3 Å². The molecule has 1 heterocycles. The minimum absolute atomic E-state index is 0.124. The molecule has 1 aliphatic heterocycles. The van der Waals surface area contributed by atoms with E-state index >= 15 is 0 Å². The molecule has 0 amide bonds. The second kappa shape index (κ2) is 5.52. The van der Waals surface area contributed by atoms with Gasteiger partial charge in [-0.25, -0.2) is 0 Å². The summed E-state index contributed by atoms with van der Waals surface area (Å²) in [4.78, 5) is 2.23. The molecule has 1 saturated heterocycles. The second-order valence-corrected chi connectivity index (χ2v) is 5.15. The van der Waals surface area contributed by atoms with Crippen LogP contribution < -0.4 is 10.1 Å². The fraction of sp³-hybridized carbons (Fsp3) is 0.571. The van der Waals surface area contributed by atoms with Crippen molar-refractivity contribution >= 4 is 0 Å². The van der Waals surface area contributed by atoms with E-state index < -0.39 is 0 Å². The molecule has 1 N–H and O–H groups in total. The molecule has 1 fully saturated rings. The Hall–Kier alpha value is -1.06. The van der Waals surface area contributed by atoms with Gasteiger partial charge in [0, 0.05) is 6.54 Å². The Kier molecular flexibility index (Phi) is 4.02. The Morgan fingerprint density at radius 2 is 2.06 bits per heavy atom.